The fourth-order valence-electron chi connectivity index (χ4n) is 1.03. The summed E-state index contributed by atoms with van der Waals surface area (Å²) < 4.78 is 6.38. The van der Waals surface area contributed by atoms with E-state index in [0.717, 1.165) is 0 Å². The molecule has 1 aromatic heterocycles. The zero-order chi connectivity index (χ0) is 9.84. The van der Waals surface area contributed by atoms with E-state index in [2.05, 4.69) is 0 Å². The van der Waals surface area contributed by atoms with Crippen LogP contribution in [0.25, 0.3) is 0 Å². The Kier molecular flexibility index (Phi) is 2.70. The number of carbonyl (C=O) groups is 1. The quantitative estimate of drug-likeness (QED) is 0.636. The molecule has 0 bridgehead atoms. The minimum absolute atomic E-state index is 0.339. The van der Waals surface area contributed by atoms with Gasteiger partial charge in [-0.25, -0.2) is 4.79 Å². The molecule has 0 radical (unpaired) electrons. The normalized spacial score (nSPS) is 9.31. The van der Waals surface area contributed by atoms with Crippen molar-refractivity contribution in [2.75, 3.05) is 6.61 Å². The third-order valence-electron chi connectivity index (χ3n) is 1.62. The second-order valence-electron chi connectivity index (χ2n) is 2.56. The molecule has 0 unspecified atom stereocenters. The van der Waals surface area contributed by atoms with Gasteiger partial charge in [0, 0.05) is 13.2 Å². The molecule has 0 atom stereocenters. The maximum atomic E-state index is 11.2. The summed E-state index contributed by atoms with van der Waals surface area (Å²) >= 11 is 0. The number of hydrogen-bond acceptors (Lipinski definition) is 3. The highest BCUT2D eigenvalue weighted by molar-refractivity contribution is 5.88. The fraction of sp³-hybridized carbons (Fsp3) is 0.333. The summed E-state index contributed by atoms with van der Waals surface area (Å²) in [5.74, 6) is -0.397. The molecule has 0 amide bonds. The monoisotopic (exact) mass is 178 g/mol. The van der Waals surface area contributed by atoms with E-state index in [0.29, 0.717) is 17.9 Å². The Morgan fingerprint density at radius 3 is 2.92 bits per heavy atom. The van der Waals surface area contributed by atoms with E-state index in [1.807, 2.05) is 6.07 Å². The molecule has 0 aliphatic carbocycles. The van der Waals surface area contributed by atoms with E-state index in [4.69, 9.17) is 10.00 Å². The first-order valence-electron chi connectivity index (χ1n) is 3.92. The van der Waals surface area contributed by atoms with Crippen molar-refractivity contribution in [3.05, 3.63) is 23.5 Å². The van der Waals surface area contributed by atoms with Gasteiger partial charge in [0.15, 0.2) is 0 Å². The van der Waals surface area contributed by atoms with Gasteiger partial charge in [0.1, 0.15) is 11.8 Å². The Balaban J connectivity index is 2.95. The number of nitriles is 1. The Morgan fingerprint density at radius 2 is 2.46 bits per heavy atom. The molecule has 0 spiro atoms. The highest BCUT2D eigenvalue weighted by Gasteiger charge is 2.11. The molecular formula is C9H10N2O2. The summed E-state index contributed by atoms with van der Waals surface area (Å²) in [5, 5.41) is 8.57. The molecule has 0 saturated heterocycles. The van der Waals surface area contributed by atoms with Crippen LogP contribution in [0, 0.1) is 11.3 Å². The molecule has 0 saturated carbocycles. The van der Waals surface area contributed by atoms with Crippen molar-refractivity contribution in [2.45, 2.75) is 6.92 Å². The van der Waals surface area contributed by atoms with Gasteiger partial charge in [-0.1, -0.05) is 0 Å². The molecule has 0 aromatic carbocycles. The first kappa shape index (κ1) is 9.33. The van der Waals surface area contributed by atoms with Crippen molar-refractivity contribution >= 4 is 5.97 Å². The average molecular weight is 178 g/mol. The van der Waals surface area contributed by atoms with Crippen LogP contribution in [0.4, 0.5) is 0 Å². The van der Waals surface area contributed by atoms with Gasteiger partial charge in [-0.05, 0) is 13.0 Å². The van der Waals surface area contributed by atoms with Crippen molar-refractivity contribution in [3.8, 4) is 6.07 Å². The van der Waals surface area contributed by atoms with Gasteiger partial charge < -0.3 is 9.30 Å². The first-order chi connectivity index (χ1) is 6.19. The zero-order valence-electron chi connectivity index (χ0n) is 7.57. The van der Waals surface area contributed by atoms with Crippen molar-refractivity contribution in [1.82, 2.24) is 4.57 Å². The molecule has 4 heteroatoms. The van der Waals surface area contributed by atoms with Crippen molar-refractivity contribution in [2.24, 2.45) is 7.05 Å². The minimum atomic E-state index is -0.397. The Morgan fingerprint density at radius 1 is 1.77 bits per heavy atom. The van der Waals surface area contributed by atoms with Crippen LogP contribution < -0.4 is 0 Å². The van der Waals surface area contributed by atoms with Gasteiger partial charge >= 0.3 is 5.97 Å². The van der Waals surface area contributed by atoms with Crippen LogP contribution >= 0.6 is 0 Å². The van der Waals surface area contributed by atoms with Crippen LogP contribution in [0.1, 0.15) is 23.0 Å². The lowest BCUT2D eigenvalue weighted by Gasteiger charge is -2.01. The Bertz CT molecular complexity index is 360. The molecule has 68 valence electrons. The van der Waals surface area contributed by atoms with Crippen LogP contribution in [0.2, 0.25) is 0 Å². The number of rotatable bonds is 2. The highest BCUT2D eigenvalue weighted by Crippen LogP contribution is 2.07. The topological polar surface area (TPSA) is 55.0 Å². The molecule has 0 N–H and O–H groups in total. The number of aryl methyl sites for hydroxylation is 1. The van der Waals surface area contributed by atoms with Gasteiger partial charge in [-0.15, -0.1) is 0 Å². The van der Waals surface area contributed by atoms with Gasteiger partial charge in [0.2, 0.25) is 0 Å². The van der Waals surface area contributed by atoms with Crippen LogP contribution in [0.5, 0.6) is 0 Å². The van der Waals surface area contributed by atoms with Crippen molar-refractivity contribution < 1.29 is 9.53 Å². The molecule has 0 fully saturated rings. The number of nitrogens with zero attached hydrogens (tertiary/aromatic N) is 2. The maximum Gasteiger partial charge on any atom is 0.354 e. The van der Waals surface area contributed by atoms with Gasteiger partial charge in [0.25, 0.3) is 0 Å². The van der Waals surface area contributed by atoms with Gasteiger partial charge in [0.05, 0.1) is 12.2 Å². The van der Waals surface area contributed by atoms with Crippen molar-refractivity contribution in [1.29, 1.82) is 5.26 Å². The lowest BCUT2D eigenvalue weighted by atomic mass is 10.3. The number of esters is 1. The van der Waals surface area contributed by atoms with E-state index in [-0.39, 0.29) is 0 Å². The summed E-state index contributed by atoms with van der Waals surface area (Å²) in [6.07, 6.45) is 1.59. The lowest BCUT2D eigenvalue weighted by molar-refractivity contribution is 0.0515. The van der Waals surface area contributed by atoms with E-state index in [1.165, 1.54) is 6.07 Å². The molecule has 1 heterocycles. The molecule has 13 heavy (non-hydrogen) atoms. The van der Waals surface area contributed by atoms with Crippen LogP contribution in [0.3, 0.4) is 0 Å². The van der Waals surface area contributed by atoms with Gasteiger partial charge in [-0.3, -0.25) is 0 Å². The number of hydrogen-bond donors (Lipinski definition) is 0. The summed E-state index contributed by atoms with van der Waals surface area (Å²) in [7, 11) is 1.70. The molecular weight excluding hydrogens is 168 g/mol. The Labute approximate surface area is 76.3 Å². The van der Waals surface area contributed by atoms with Crippen molar-refractivity contribution in [3.63, 3.8) is 0 Å². The fourth-order valence-corrected chi connectivity index (χ4v) is 1.03. The molecule has 1 rings (SSSR count). The summed E-state index contributed by atoms with van der Waals surface area (Å²) in [4.78, 5) is 11.2. The first-order valence-corrected chi connectivity index (χ1v) is 3.92. The average Bonchev–Trinajstić information content (AvgIpc) is 2.47. The third-order valence-corrected chi connectivity index (χ3v) is 1.62. The SMILES string of the molecule is CCOC(=O)c1cc(C#N)cn1C. The smallest absolute Gasteiger partial charge is 0.354 e. The highest BCUT2D eigenvalue weighted by atomic mass is 16.5. The summed E-state index contributed by atoms with van der Waals surface area (Å²) in [6.45, 7) is 2.08. The minimum Gasteiger partial charge on any atom is -0.461 e. The van der Waals surface area contributed by atoms with Gasteiger partial charge in [-0.2, -0.15) is 5.26 Å². The summed E-state index contributed by atoms with van der Waals surface area (Å²) in [6, 6.07) is 3.47. The van der Waals surface area contributed by atoms with E-state index < -0.39 is 5.97 Å². The second kappa shape index (κ2) is 3.76. The molecule has 4 nitrogen and oxygen atoms in total. The number of carbonyl (C=O) groups excluding carboxylic acids is 1. The molecule has 1 aromatic rings. The molecule has 0 aliphatic rings. The molecule has 0 aliphatic heterocycles. The predicted octanol–water partition coefficient (Wildman–Crippen LogP) is 1.07. The van der Waals surface area contributed by atoms with E-state index >= 15 is 0 Å². The number of aromatic nitrogens is 1. The summed E-state index contributed by atoms with van der Waals surface area (Å²) in [5.41, 5.74) is 0.865. The number of ether oxygens (including phenoxy) is 1. The predicted molar refractivity (Wildman–Crippen MR) is 46.1 cm³/mol. The third kappa shape index (κ3) is 1.88. The van der Waals surface area contributed by atoms with Crippen LogP contribution in [-0.4, -0.2) is 17.1 Å². The standard InChI is InChI=1S/C9H10N2O2/c1-3-13-9(12)8-4-7(5-10)6-11(8)2/h4,6H,3H2,1-2H3. The maximum absolute atomic E-state index is 11.2. The lowest BCUT2D eigenvalue weighted by Crippen LogP contribution is -2.08. The van der Waals surface area contributed by atoms with E-state index in [9.17, 15) is 4.79 Å². The van der Waals surface area contributed by atoms with Crippen LogP contribution in [-0.2, 0) is 11.8 Å². The van der Waals surface area contributed by atoms with E-state index in [1.54, 1.807) is 24.7 Å². The van der Waals surface area contributed by atoms with Crippen LogP contribution in [0.15, 0.2) is 12.3 Å². The Hall–Kier alpha value is -1.76. The second-order valence-corrected chi connectivity index (χ2v) is 2.56. The zero-order valence-corrected chi connectivity index (χ0v) is 7.57. The largest absolute Gasteiger partial charge is 0.461 e.